The van der Waals surface area contributed by atoms with E-state index in [9.17, 15) is 9.90 Å². The molecule has 0 fully saturated rings. The Labute approximate surface area is 183 Å². The van der Waals surface area contributed by atoms with Gasteiger partial charge in [-0.25, -0.2) is 0 Å². The summed E-state index contributed by atoms with van der Waals surface area (Å²) < 4.78 is 0. The first-order chi connectivity index (χ1) is 13.2. The van der Waals surface area contributed by atoms with E-state index in [4.69, 9.17) is 0 Å². The van der Waals surface area contributed by atoms with E-state index in [2.05, 4.69) is 51.7 Å². The highest BCUT2D eigenvalue weighted by atomic mass is 127. The smallest absolute Gasteiger partial charge is 0.251 e. The summed E-state index contributed by atoms with van der Waals surface area (Å²) in [6.45, 7) is 5.60. The van der Waals surface area contributed by atoms with Crippen molar-refractivity contribution < 1.29 is 9.90 Å². The van der Waals surface area contributed by atoms with Crippen LogP contribution in [0, 0.1) is 0 Å². The molecule has 0 saturated heterocycles. The minimum absolute atomic E-state index is 0. The fourth-order valence-corrected chi connectivity index (χ4v) is 3.15. The Morgan fingerprint density at radius 3 is 2.54 bits per heavy atom. The number of phenols is 1. The number of halogens is 1. The van der Waals surface area contributed by atoms with Gasteiger partial charge in [-0.15, -0.1) is 24.0 Å². The molecule has 3 N–H and O–H groups in total. The number of phenolic OH excluding ortho intramolecular Hbond substituents is 1. The van der Waals surface area contributed by atoms with Gasteiger partial charge in [-0.2, -0.15) is 0 Å². The summed E-state index contributed by atoms with van der Waals surface area (Å²) in [6, 6.07) is 14.7. The molecule has 0 unspecified atom stereocenters. The molecular weight excluding hydrogens is 467 g/mol. The van der Waals surface area contributed by atoms with E-state index in [1.165, 1.54) is 23.3 Å². The Balaban J connectivity index is 0.00000280. The van der Waals surface area contributed by atoms with Crippen molar-refractivity contribution in [2.75, 3.05) is 26.2 Å². The molecule has 0 aromatic heterocycles. The zero-order valence-corrected chi connectivity index (χ0v) is 18.3. The van der Waals surface area contributed by atoms with Crippen molar-refractivity contribution in [2.45, 2.75) is 19.9 Å². The van der Waals surface area contributed by atoms with Crippen LogP contribution in [0.2, 0.25) is 0 Å². The summed E-state index contributed by atoms with van der Waals surface area (Å²) in [5.41, 5.74) is 3.28. The summed E-state index contributed by atoms with van der Waals surface area (Å²) in [5, 5.41) is 15.5. The normalized spacial score (nSPS) is 13.3. The van der Waals surface area contributed by atoms with Gasteiger partial charge in [0.2, 0.25) is 0 Å². The van der Waals surface area contributed by atoms with Crippen molar-refractivity contribution in [3.8, 4) is 5.75 Å². The molecule has 2 aromatic carbocycles. The van der Waals surface area contributed by atoms with Crippen LogP contribution in [0.15, 0.2) is 53.5 Å². The molecule has 0 radical (unpaired) electrons. The van der Waals surface area contributed by atoms with Crippen LogP contribution in [0.4, 0.5) is 0 Å². The summed E-state index contributed by atoms with van der Waals surface area (Å²) in [5.74, 6) is 0.863. The van der Waals surface area contributed by atoms with Crippen molar-refractivity contribution in [3.05, 3.63) is 65.2 Å². The molecule has 1 aliphatic heterocycles. The number of aliphatic imine (C=N–C) groups is 1. The highest BCUT2D eigenvalue weighted by Crippen LogP contribution is 2.18. The van der Waals surface area contributed by atoms with Gasteiger partial charge in [-0.05, 0) is 48.7 Å². The summed E-state index contributed by atoms with van der Waals surface area (Å²) >= 11 is 0. The summed E-state index contributed by atoms with van der Waals surface area (Å²) in [6.07, 6.45) is 1.01. The Morgan fingerprint density at radius 1 is 1.11 bits per heavy atom. The second-order valence-electron chi connectivity index (χ2n) is 6.48. The third-order valence-electron chi connectivity index (χ3n) is 4.55. The van der Waals surface area contributed by atoms with Crippen LogP contribution >= 0.6 is 24.0 Å². The van der Waals surface area contributed by atoms with Crippen molar-refractivity contribution in [1.82, 2.24) is 15.5 Å². The Morgan fingerprint density at radius 2 is 1.82 bits per heavy atom. The fraction of sp³-hybridized carbons (Fsp3) is 0.333. The Kier molecular flexibility index (Phi) is 8.56. The first-order valence-electron chi connectivity index (χ1n) is 9.34. The van der Waals surface area contributed by atoms with Gasteiger partial charge in [0.25, 0.3) is 5.91 Å². The second-order valence-corrected chi connectivity index (χ2v) is 6.48. The molecule has 1 amide bonds. The number of fused-ring (bicyclic) bond motifs is 1. The molecule has 6 nitrogen and oxygen atoms in total. The van der Waals surface area contributed by atoms with Crippen molar-refractivity contribution >= 4 is 35.8 Å². The van der Waals surface area contributed by atoms with Crippen LogP contribution in [0.5, 0.6) is 5.75 Å². The number of hydrogen-bond donors (Lipinski definition) is 3. The highest BCUT2D eigenvalue weighted by molar-refractivity contribution is 14.0. The van der Waals surface area contributed by atoms with Crippen LogP contribution in [-0.4, -0.2) is 48.1 Å². The Hall–Kier alpha value is -2.29. The topological polar surface area (TPSA) is 77.0 Å². The number of guanidine groups is 1. The first-order valence-corrected chi connectivity index (χ1v) is 9.34. The van der Waals surface area contributed by atoms with Gasteiger partial charge in [0, 0.05) is 31.7 Å². The first kappa shape index (κ1) is 22.0. The predicted octanol–water partition coefficient (Wildman–Crippen LogP) is 2.76. The lowest BCUT2D eigenvalue weighted by molar-refractivity contribution is 0.0955. The number of nitrogens with one attached hydrogen (secondary N) is 2. The number of carbonyl (C=O) groups is 1. The molecule has 0 atom stereocenters. The molecule has 28 heavy (non-hydrogen) atoms. The van der Waals surface area contributed by atoms with Gasteiger partial charge in [0.05, 0.1) is 6.54 Å². The predicted molar refractivity (Wildman–Crippen MR) is 122 cm³/mol. The lowest BCUT2D eigenvalue weighted by Crippen LogP contribution is -2.44. The molecule has 0 bridgehead atoms. The van der Waals surface area contributed by atoms with Crippen LogP contribution in [-0.2, 0) is 13.0 Å². The summed E-state index contributed by atoms with van der Waals surface area (Å²) in [4.78, 5) is 19.0. The maximum absolute atomic E-state index is 12.1. The molecule has 1 aliphatic rings. The van der Waals surface area contributed by atoms with Crippen molar-refractivity contribution in [3.63, 3.8) is 0 Å². The number of amides is 1. The van der Waals surface area contributed by atoms with Gasteiger partial charge in [0.1, 0.15) is 5.75 Å². The third kappa shape index (κ3) is 5.85. The van der Waals surface area contributed by atoms with E-state index >= 15 is 0 Å². The molecule has 3 rings (SSSR count). The molecule has 0 spiro atoms. The number of aromatic hydroxyl groups is 1. The Bertz CT molecular complexity index is 808. The van der Waals surface area contributed by atoms with Crippen LogP contribution in [0.3, 0.4) is 0 Å². The number of benzene rings is 2. The van der Waals surface area contributed by atoms with E-state index in [0.29, 0.717) is 18.7 Å². The van der Waals surface area contributed by atoms with Crippen molar-refractivity contribution in [1.29, 1.82) is 0 Å². The zero-order chi connectivity index (χ0) is 19.1. The lowest BCUT2D eigenvalue weighted by atomic mass is 10.0. The van der Waals surface area contributed by atoms with Crippen molar-refractivity contribution in [2.24, 2.45) is 4.99 Å². The third-order valence-corrected chi connectivity index (χ3v) is 4.55. The number of nitrogens with zero attached hydrogens (tertiary/aromatic N) is 2. The average Bonchev–Trinajstić information content (AvgIpc) is 2.70. The van der Waals surface area contributed by atoms with Gasteiger partial charge in [-0.1, -0.05) is 24.3 Å². The van der Waals surface area contributed by atoms with Crippen LogP contribution in [0.1, 0.15) is 28.4 Å². The minimum Gasteiger partial charge on any atom is -0.508 e. The molecular formula is C21H27IN4O2. The molecule has 2 aromatic rings. The van der Waals surface area contributed by atoms with Gasteiger partial charge in [0.15, 0.2) is 5.96 Å². The van der Waals surface area contributed by atoms with Gasteiger partial charge >= 0.3 is 0 Å². The number of hydrogen-bond acceptors (Lipinski definition) is 3. The van der Waals surface area contributed by atoms with E-state index in [-0.39, 0.29) is 35.6 Å². The largest absolute Gasteiger partial charge is 0.508 e. The van der Waals surface area contributed by atoms with E-state index in [1.807, 2.05) is 0 Å². The summed E-state index contributed by atoms with van der Waals surface area (Å²) in [7, 11) is 0. The van der Waals surface area contributed by atoms with Gasteiger partial charge < -0.3 is 20.6 Å². The average molecular weight is 494 g/mol. The lowest BCUT2D eigenvalue weighted by Gasteiger charge is -2.31. The SMILES string of the molecule is CCNC(=NCCNC(=O)c1ccc(O)cc1)N1CCc2ccccc2C1.I. The maximum atomic E-state index is 12.1. The standard InChI is InChI=1S/C21H26N4O2.HI/c1-2-22-21(25-14-11-16-5-3-4-6-18(16)15-25)24-13-12-23-20(27)17-7-9-19(26)10-8-17;/h3-10,26H,2,11-15H2,1H3,(H,22,24)(H,23,27);1H. The monoisotopic (exact) mass is 494 g/mol. The molecule has 0 aliphatic carbocycles. The molecule has 1 heterocycles. The second kappa shape index (κ2) is 10.9. The number of carbonyl (C=O) groups excluding carboxylic acids is 1. The van der Waals surface area contributed by atoms with E-state index < -0.39 is 0 Å². The molecule has 150 valence electrons. The molecule has 7 heteroatoms. The fourth-order valence-electron chi connectivity index (χ4n) is 3.15. The van der Waals surface area contributed by atoms with Gasteiger partial charge in [-0.3, -0.25) is 9.79 Å². The van der Waals surface area contributed by atoms with Crippen LogP contribution < -0.4 is 10.6 Å². The zero-order valence-electron chi connectivity index (χ0n) is 16.0. The van der Waals surface area contributed by atoms with E-state index in [1.54, 1.807) is 12.1 Å². The number of rotatable bonds is 5. The van der Waals surface area contributed by atoms with Crippen LogP contribution in [0.25, 0.3) is 0 Å². The quantitative estimate of drug-likeness (QED) is 0.259. The minimum atomic E-state index is -0.165. The highest BCUT2D eigenvalue weighted by Gasteiger charge is 2.18. The van der Waals surface area contributed by atoms with E-state index in [0.717, 1.165) is 32.0 Å². The molecule has 0 saturated carbocycles. The maximum Gasteiger partial charge on any atom is 0.251 e.